The van der Waals surface area contributed by atoms with Crippen LogP contribution in [0.15, 0.2) is 64.2 Å². The molecule has 0 fully saturated rings. The number of rotatable bonds is 8. The molecule has 172 valence electrons. The Morgan fingerprint density at radius 1 is 1.00 bits per heavy atom. The number of Topliss-reactive ketones (excluding diaryl/α,β-unsaturated/α-hetero) is 1. The average molecular weight is 451 g/mol. The molecule has 3 rings (SSSR count). The second-order valence-corrected chi connectivity index (χ2v) is 7.82. The molecule has 0 unspecified atom stereocenters. The summed E-state index contributed by atoms with van der Waals surface area (Å²) in [4.78, 5) is 50.4. The molecule has 9 nitrogen and oxygen atoms in total. The fourth-order valence-corrected chi connectivity index (χ4v) is 3.21. The molecular weight excluding hydrogens is 426 g/mol. The number of anilines is 1. The maximum atomic E-state index is 12.8. The summed E-state index contributed by atoms with van der Waals surface area (Å²) in [6, 6.07) is 15.3. The standard InChI is InChI=1S/C24H25N3O6/c1-15(2)13-27-21(25)20(22(29)26(3)24(27)31)18(28)14-32-23(30)17-11-7-8-12-19(17)33-16-9-5-4-6-10-16/h4-12,15H,13-14,25H2,1-3H3. The van der Waals surface area contributed by atoms with Crippen LogP contribution in [-0.2, 0) is 18.3 Å². The van der Waals surface area contributed by atoms with Crippen LogP contribution in [0.5, 0.6) is 11.5 Å². The lowest BCUT2D eigenvalue weighted by atomic mass is 10.1. The predicted molar refractivity (Wildman–Crippen MR) is 123 cm³/mol. The first-order chi connectivity index (χ1) is 15.7. The molecule has 0 bridgehead atoms. The molecule has 0 aliphatic heterocycles. The summed E-state index contributed by atoms with van der Waals surface area (Å²) in [6.07, 6.45) is 0. The van der Waals surface area contributed by atoms with Gasteiger partial charge in [0, 0.05) is 13.6 Å². The van der Waals surface area contributed by atoms with Crippen LogP contribution in [0.25, 0.3) is 0 Å². The second kappa shape index (κ2) is 9.99. The number of esters is 1. The smallest absolute Gasteiger partial charge is 0.342 e. The number of nitrogens with zero attached hydrogens (tertiary/aromatic N) is 2. The maximum absolute atomic E-state index is 12.8. The summed E-state index contributed by atoms with van der Waals surface area (Å²) < 4.78 is 12.9. The number of hydrogen-bond donors (Lipinski definition) is 1. The summed E-state index contributed by atoms with van der Waals surface area (Å²) in [7, 11) is 1.26. The maximum Gasteiger partial charge on any atom is 0.342 e. The third-order valence-corrected chi connectivity index (χ3v) is 4.82. The van der Waals surface area contributed by atoms with Gasteiger partial charge in [-0.1, -0.05) is 44.2 Å². The number of benzene rings is 2. The molecule has 0 saturated carbocycles. The van der Waals surface area contributed by atoms with Crippen molar-refractivity contribution in [3.8, 4) is 11.5 Å². The number of hydrogen-bond acceptors (Lipinski definition) is 7. The molecule has 0 spiro atoms. The van der Waals surface area contributed by atoms with Crippen molar-refractivity contribution in [1.82, 2.24) is 9.13 Å². The van der Waals surface area contributed by atoms with Gasteiger partial charge in [-0.3, -0.25) is 18.7 Å². The van der Waals surface area contributed by atoms with E-state index in [1.54, 1.807) is 42.5 Å². The Morgan fingerprint density at radius 3 is 2.30 bits per heavy atom. The van der Waals surface area contributed by atoms with Gasteiger partial charge in [0.25, 0.3) is 5.56 Å². The van der Waals surface area contributed by atoms with Crippen molar-refractivity contribution >= 4 is 17.6 Å². The number of aromatic nitrogens is 2. The molecular formula is C24H25N3O6. The lowest BCUT2D eigenvalue weighted by molar-refractivity contribution is 0.0471. The van der Waals surface area contributed by atoms with Gasteiger partial charge in [0.05, 0.1) is 0 Å². The molecule has 33 heavy (non-hydrogen) atoms. The van der Waals surface area contributed by atoms with E-state index in [0.29, 0.717) is 5.75 Å². The summed E-state index contributed by atoms with van der Waals surface area (Å²) in [5.74, 6) is -1.03. The van der Waals surface area contributed by atoms with Gasteiger partial charge in [-0.25, -0.2) is 9.59 Å². The Morgan fingerprint density at radius 2 is 1.64 bits per heavy atom. The van der Waals surface area contributed by atoms with E-state index in [-0.39, 0.29) is 35.2 Å². The molecule has 0 atom stereocenters. The van der Waals surface area contributed by atoms with E-state index in [1.807, 2.05) is 19.9 Å². The van der Waals surface area contributed by atoms with Crippen molar-refractivity contribution in [1.29, 1.82) is 0 Å². The molecule has 2 aromatic carbocycles. The Balaban J connectivity index is 1.83. The largest absolute Gasteiger partial charge is 0.456 e. The highest BCUT2D eigenvalue weighted by molar-refractivity contribution is 6.02. The van der Waals surface area contributed by atoms with Crippen LogP contribution in [0.1, 0.15) is 34.6 Å². The van der Waals surface area contributed by atoms with Gasteiger partial charge in [0.2, 0.25) is 5.78 Å². The van der Waals surface area contributed by atoms with E-state index in [4.69, 9.17) is 15.2 Å². The minimum Gasteiger partial charge on any atom is -0.456 e. The third kappa shape index (κ3) is 5.20. The minimum absolute atomic E-state index is 0.0457. The number of carbonyl (C=O) groups is 2. The van der Waals surface area contributed by atoms with Gasteiger partial charge in [-0.05, 0) is 30.2 Å². The molecule has 0 aliphatic carbocycles. The van der Waals surface area contributed by atoms with Gasteiger partial charge in [0.15, 0.2) is 6.61 Å². The Labute approximate surface area is 190 Å². The molecule has 0 amide bonds. The molecule has 9 heteroatoms. The van der Waals surface area contributed by atoms with Crippen molar-refractivity contribution in [2.75, 3.05) is 12.3 Å². The Kier molecular flexibility index (Phi) is 7.12. The van der Waals surface area contributed by atoms with Crippen LogP contribution >= 0.6 is 0 Å². The predicted octanol–water partition coefficient (Wildman–Crippen LogP) is 2.62. The van der Waals surface area contributed by atoms with E-state index in [2.05, 4.69) is 0 Å². The van der Waals surface area contributed by atoms with Crippen molar-refractivity contribution in [2.24, 2.45) is 13.0 Å². The molecule has 1 heterocycles. The molecule has 0 aliphatic rings. The first kappa shape index (κ1) is 23.5. The van der Waals surface area contributed by atoms with Crippen molar-refractivity contribution < 1.29 is 19.1 Å². The average Bonchev–Trinajstić information content (AvgIpc) is 2.80. The highest BCUT2D eigenvalue weighted by Crippen LogP contribution is 2.25. The quantitative estimate of drug-likeness (QED) is 0.412. The van der Waals surface area contributed by atoms with Crippen LogP contribution < -0.4 is 21.7 Å². The third-order valence-electron chi connectivity index (χ3n) is 4.82. The summed E-state index contributed by atoms with van der Waals surface area (Å²) in [5, 5.41) is 0. The second-order valence-electron chi connectivity index (χ2n) is 7.82. The van der Waals surface area contributed by atoms with Gasteiger partial charge in [0.1, 0.15) is 28.4 Å². The number of para-hydroxylation sites is 2. The van der Waals surface area contributed by atoms with Crippen molar-refractivity contribution in [2.45, 2.75) is 20.4 Å². The zero-order valence-corrected chi connectivity index (χ0v) is 18.6. The SMILES string of the molecule is CC(C)Cn1c(N)c(C(=O)COC(=O)c2ccccc2Oc2ccccc2)c(=O)n(C)c1=O. The van der Waals surface area contributed by atoms with Crippen LogP contribution in [0.4, 0.5) is 5.82 Å². The monoisotopic (exact) mass is 451 g/mol. The highest BCUT2D eigenvalue weighted by Gasteiger charge is 2.24. The van der Waals surface area contributed by atoms with Gasteiger partial charge >= 0.3 is 11.7 Å². The number of nitrogens with two attached hydrogens (primary N) is 1. The zero-order chi connectivity index (χ0) is 24.1. The van der Waals surface area contributed by atoms with E-state index in [1.165, 1.54) is 17.7 Å². The van der Waals surface area contributed by atoms with Crippen molar-refractivity contribution in [3.05, 3.63) is 86.6 Å². The fraction of sp³-hybridized carbons (Fsp3) is 0.250. The number of ether oxygens (including phenoxy) is 2. The van der Waals surface area contributed by atoms with E-state index in [0.717, 1.165) is 4.57 Å². The highest BCUT2D eigenvalue weighted by atomic mass is 16.5. The number of carbonyl (C=O) groups excluding carboxylic acids is 2. The number of nitrogen functional groups attached to an aromatic ring is 1. The van der Waals surface area contributed by atoms with Gasteiger partial charge < -0.3 is 15.2 Å². The lowest BCUT2D eigenvalue weighted by Crippen LogP contribution is -2.43. The van der Waals surface area contributed by atoms with Crippen LogP contribution in [0, 0.1) is 5.92 Å². The Hall–Kier alpha value is -4.14. The van der Waals surface area contributed by atoms with Crippen LogP contribution in [0.3, 0.4) is 0 Å². The normalized spacial score (nSPS) is 10.8. The van der Waals surface area contributed by atoms with E-state index >= 15 is 0 Å². The Bertz CT molecular complexity index is 1290. The molecule has 0 radical (unpaired) electrons. The summed E-state index contributed by atoms with van der Waals surface area (Å²) >= 11 is 0. The van der Waals surface area contributed by atoms with E-state index in [9.17, 15) is 19.2 Å². The van der Waals surface area contributed by atoms with Gasteiger partial charge in [-0.2, -0.15) is 0 Å². The lowest BCUT2D eigenvalue weighted by Gasteiger charge is -2.16. The minimum atomic E-state index is -0.841. The van der Waals surface area contributed by atoms with Crippen molar-refractivity contribution in [3.63, 3.8) is 0 Å². The first-order valence-corrected chi connectivity index (χ1v) is 10.3. The van der Waals surface area contributed by atoms with Crippen LogP contribution in [0.2, 0.25) is 0 Å². The van der Waals surface area contributed by atoms with Gasteiger partial charge in [-0.15, -0.1) is 0 Å². The molecule has 2 N–H and O–H groups in total. The number of ketones is 1. The topological polar surface area (TPSA) is 123 Å². The summed E-state index contributed by atoms with van der Waals surface area (Å²) in [6.45, 7) is 3.24. The van der Waals surface area contributed by atoms with E-state index < -0.39 is 29.6 Å². The first-order valence-electron chi connectivity index (χ1n) is 10.3. The fourth-order valence-electron chi connectivity index (χ4n) is 3.21. The zero-order valence-electron chi connectivity index (χ0n) is 18.6. The van der Waals surface area contributed by atoms with Crippen LogP contribution in [-0.4, -0.2) is 27.5 Å². The summed E-state index contributed by atoms with van der Waals surface area (Å²) in [5.41, 5.74) is 4.26. The molecule has 3 aromatic rings. The molecule has 1 aromatic heterocycles. The molecule has 0 saturated heterocycles.